The van der Waals surface area contributed by atoms with E-state index in [0.717, 1.165) is 6.07 Å². The Hall–Kier alpha value is -3.66. The highest BCUT2D eigenvalue weighted by Gasteiger charge is 2.45. The van der Waals surface area contributed by atoms with Crippen molar-refractivity contribution in [3.8, 4) is 11.6 Å². The Kier molecular flexibility index (Phi) is 6.42. The maximum absolute atomic E-state index is 13.6. The van der Waals surface area contributed by atoms with Crippen molar-refractivity contribution < 1.29 is 32.6 Å². The Morgan fingerprint density at radius 2 is 1.83 bits per heavy atom. The summed E-state index contributed by atoms with van der Waals surface area (Å²) in [6.45, 7) is 3.25. The van der Waals surface area contributed by atoms with Crippen LogP contribution < -0.4 is 10.1 Å². The molecule has 1 saturated carbocycles. The van der Waals surface area contributed by atoms with Crippen LogP contribution in [-0.2, 0) is 11.0 Å². The average molecular weight is 506 g/mol. The third-order valence-electron chi connectivity index (χ3n) is 5.67. The number of hydrogen-bond acceptors (Lipinski definition) is 5. The Morgan fingerprint density at radius 3 is 2.40 bits per heavy atom. The fraction of sp³-hybridized carbons (Fsp3) is 0.250. The summed E-state index contributed by atoms with van der Waals surface area (Å²) in [6, 6.07) is 6.42. The largest absolute Gasteiger partial charge is 0.481 e. The zero-order valence-electron chi connectivity index (χ0n) is 18.5. The number of aliphatic carboxylic acids is 1. The van der Waals surface area contributed by atoms with Crippen LogP contribution in [0.4, 0.5) is 18.9 Å². The predicted octanol–water partition coefficient (Wildman–Crippen LogP) is 6.00. The summed E-state index contributed by atoms with van der Waals surface area (Å²) in [5, 5.41) is 11.7. The van der Waals surface area contributed by atoms with Gasteiger partial charge in [0.05, 0.1) is 29.6 Å². The van der Waals surface area contributed by atoms with Crippen LogP contribution in [0.25, 0.3) is 0 Å². The molecule has 2 N–H and O–H groups in total. The van der Waals surface area contributed by atoms with E-state index < -0.39 is 35.2 Å². The molecule has 35 heavy (non-hydrogen) atoms. The van der Waals surface area contributed by atoms with Gasteiger partial charge in [-0.25, -0.2) is 0 Å². The summed E-state index contributed by atoms with van der Waals surface area (Å²) < 4.78 is 46.5. The van der Waals surface area contributed by atoms with Gasteiger partial charge in [-0.15, -0.1) is 0 Å². The fourth-order valence-electron chi connectivity index (χ4n) is 4.00. The van der Waals surface area contributed by atoms with Crippen LogP contribution in [0.2, 0.25) is 5.15 Å². The van der Waals surface area contributed by atoms with Crippen LogP contribution in [0.15, 0.2) is 42.7 Å². The minimum absolute atomic E-state index is 0.135. The molecule has 0 saturated heterocycles. The number of anilines is 1. The Morgan fingerprint density at radius 1 is 1.14 bits per heavy atom. The Bertz CT molecular complexity index is 1310. The molecule has 1 heterocycles. The molecule has 0 radical (unpaired) electrons. The van der Waals surface area contributed by atoms with E-state index in [9.17, 15) is 22.8 Å². The first-order chi connectivity index (χ1) is 16.4. The van der Waals surface area contributed by atoms with Crippen LogP contribution in [0.1, 0.15) is 45.0 Å². The molecule has 0 aliphatic heterocycles. The number of rotatable bonds is 6. The topological polar surface area (TPSA) is 101 Å². The first-order valence-electron chi connectivity index (χ1n) is 10.5. The standard InChI is InChI=1S/C24H19ClF3N3O4/c1-11-5-14(35-20-10-29-9-19(25)31-20)6-12(2)21(11)22(32)30-18-7-13(15-8-16(15)23(33)34)3-4-17(18)24(26,27)28/h3-7,9-10,15-16H,8H2,1-2H3,(H,30,32)(H,33,34)/t15-,16-/m1/s1. The van der Waals surface area contributed by atoms with Gasteiger partial charge in [0.15, 0.2) is 5.15 Å². The molecule has 182 valence electrons. The third kappa shape index (κ3) is 5.37. The minimum atomic E-state index is -4.71. The van der Waals surface area contributed by atoms with E-state index in [2.05, 4.69) is 15.3 Å². The maximum Gasteiger partial charge on any atom is 0.418 e. The van der Waals surface area contributed by atoms with Crippen molar-refractivity contribution in [3.63, 3.8) is 0 Å². The number of nitrogens with zero attached hydrogens (tertiary/aromatic N) is 2. The summed E-state index contributed by atoms with van der Waals surface area (Å²) in [7, 11) is 0. The summed E-state index contributed by atoms with van der Waals surface area (Å²) in [5.41, 5.74) is 0.0976. The number of halogens is 4. The van der Waals surface area contributed by atoms with Crippen molar-refractivity contribution in [2.75, 3.05) is 5.32 Å². The smallest absolute Gasteiger partial charge is 0.418 e. The fourth-order valence-corrected chi connectivity index (χ4v) is 4.14. The van der Waals surface area contributed by atoms with E-state index in [1.54, 1.807) is 26.0 Å². The molecular formula is C24H19ClF3N3O4. The van der Waals surface area contributed by atoms with Gasteiger partial charge in [0.1, 0.15) is 5.75 Å². The van der Waals surface area contributed by atoms with Gasteiger partial charge in [0.2, 0.25) is 5.88 Å². The maximum atomic E-state index is 13.6. The molecule has 0 bridgehead atoms. The number of alkyl halides is 3. The molecule has 1 amide bonds. The monoisotopic (exact) mass is 505 g/mol. The number of carbonyl (C=O) groups is 2. The van der Waals surface area contributed by atoms with Crippen molar-refractivity contribution in [2.24, 2.45) is 5.92 Å². The van der Waals surface area contributed by atoms with Gasteiger partial charge in [0.25, 0.3) is 5.91 Å². The second-order valence-electron chi connectivity index (χ2n) is 8.26. The average Bonchev–Trinajstić information content (AvgIpc) is 3.54. The van der Waals surface area contributed by atoms with E-state index >= 15 is 0 Å². The Labute approximate surface area is 202 Å². The highest BCUT2D eigenvalue weighted by molar-refractivity contribution is 6.29. The SMILES string of the molecule is Cc1cc(Oc2cncc(Cl)n2)cc(C)c1C(=O)Nc1cc([C@H]2C[C@H]2C(=O)O)ccc1C(F)(F)F. The first-order valence-corrected chi connectivity index (χ1v) is 10.8. The molecule has 11 heteroatoms. The van der Waals surface area contributed by atoms with Gasteiger partial charge in [-0.2, -0.15) is 18.2 Å². The van der Waals surface area contributed by atoms with Crippen LogP contribution in [0.3, 0.4) is 0 Å². The molecule has 3 aromatic rings. The molecule has 1 aromatic heterocycles. The molecule has 7 nitrogen and oxygen atoms in total. The number of ether oxygens (including phenoxy) is 1. The summed E-state index contributed by atoms with van der Waals surface area (Å²) in [6.07, 6.45) is -1.67. The molecule has 1 aliphatic carbocycles. The van der Waals surface area contributed by atoms with Crippen molar-refractivity contribution in [3.05, 3.63) is 75.7 Å². The van der Waals surface area contributed by atoms with E-state index in [4.69, 9.17) is 21.4 Å². The Balaban J connectivity index is 1.62. The molecule has 2 aromatic carbocycles. The number of hydrogen-bond donors (Lipinski definition) is 2. The molecule has 0 spiro atoms. The third-order valence-corrected chi connectivity index (χ3v) is 5.85. The van der Waals surface area contributed by atoms with Crippen molar-refractivity contribution in [2.45, 2.75) is 32.4 Å². The van der Waals surface area contributed by atoms with E-state index in [1.165, 1.54) is 24.5 Å². The number of carboxylic acids is 1. The quantitative estimate of drug-likeness (QED) is 0.426. The van der Waals surface area contributed by atoms with Crippen LogP contribution in [-0.4, -0.2) is 27.0 Å². The number of aromatic nitrogens is 2. The highest BCUT2D eigenvalue weighted by atomic mass is 35.5. The van der Waals surface area contributed by atoms with Gasteiger partial charge < -0.3 is 15.2 Å². The minimum Gasteiger partial charge on any atom is -0.481 e. The second-order valence-corrected chi connectivity index (χ2v) is 8.65. The first kappa shape index (κ1) is 24.5. The molecule has 4 rings (SSSR count). The van der Waals surface area contributed by atoms with Crippen LogP contribution in [0, 0.1) is 19.8 Å². The molecule has 1 aliphatic rings. The lowest BCUT2D eigenvalue weighted by Gasteiger charge is -2.17. The number of benzene rings is 2. The van der Waals surface area contributed by atoms with Crippen molar-refractivity contribution >= 4 is 29.2 Å². The summed E-state index contributed by atoms with van der Waals surface area (Å²) >= 11 is 5.80. The van der Waals surface area contributed by atoms with Gasteiger partial charge >= 0.3 is 12.1 Å². The van der Waals surface area contributed by atoms with Crippen molar-refractivity contribution in [1.29, 1.82) is 0 Å². The number of nitrogens with one attached hydrogen (secondary N) is 1. The van der Waals surface area contributed by atoms with Crippen molar-refractivity contribution in [1.82, 2.24) is 9.97 Å². The summed E-state index contributed by atoms with van der Waals surface area (Å²) in [5.74, 6) is -2.28. The number of carbonyl (C=O) groups excluding carboxylic acids is 1. The predicted molar refractivity (Wildman–Crippen MR) is 121 cm³/mol. The van der Waals surface area contributed by atoms with Gasteiger partial charge in [-0.1, -0.05) is 17.7 Å². The zero-order chi connectivity index (χ0) is 25.5. The van der Waals surface area contributed by atoms with Crippen LogP contribution >= 0.6 is 11.6 Å². The number of amides is 1. The van der Waals surface area contributed by atoms with Gasteiger partial charge in [-0.3, -0.25) is 14.6 Å². The van der Waals surface area contributed by atoms with Crippen LogP contribution in [0.5, 0.6) is 11.6 Å². The zero-order valence-corrected chi connectivity index (χ0v) is 19.2. The van der Waals surface area contributed by atoms with E-state index in [-0.39, 0.29) is 22.5 Å². The molecule has 1 fully saturated rings. The molecule has 2 atom stereocenters. The van der Waals surface area contributed by atoms with Gasteiger partial charge in [0, 0.05) is 5.56 Å². The number of aryl methyl sites for hydroxylation is 2. The molecular weight excluding hydrogens is 487 g/mol. The lowest BCUT2D eigenvalue weighted by atomic mass is 10.00. The second kappa shape index (κ2) is 9.18. The normalized spacial score (nSPS) is 17.1. The van der Waals surface area contributed by atoms with Gasteiger partial charge in [-0.05, 0) is 67.1 Å². The van der Waals surface area contributed by atoms with E-state index in [0.29, 0.717) is 28.9 Å². The lowest BCUT2D eigenvalue weighted by Crippen LogP contribution is -2.19. The highest BCUT2D eigenvalue weighted by Crippen LogP contribution is 2.49. The summed E-state index contributed by atoms with van der Waals surface area (Å²) in [4.78, 5) is 32.1. The number of carboxylic acid groups (broad SMARTS) is 1. The lowest BCUT2D eigenvalue weighted by molar-refractivity contribution is -0.139. The van der Waals surface area contributed by atoms with E-state index in [1.807, 2.05) is 0 Å². The molecule has 0 unspecified atom stereocenters.